The zero-order valence-electron chi connectivity index (χ0n) is 19.3. The lowest BCUT2D eigenvalue weighted by Crippen LogP contribution is -2.29. The zero-order valence-corrected chi connectivity index (χ0v) is 20.9. The Morgan fingerprint density at radius 2 is 1.61 bits per heavy atom. The zero-order chi connectivity index (χ0) is 25.8. The molecule has 0 spiro atoms. The summed E-state index contributed by atoms with van der Waals surface area (Å²) in [7, 11) is 0. The van der Waals surface area contributed by atoms with Crippen LogP contribution in [-0.4, -0.2) is 28.9 Å². The van der Waals surface area contributed by atoms with E-state index in [9.17, 15) is 14.4 Å². The second kappa shape index (κ2) is 10.8. The summed E-state index contributed by atoms with van der Waals surface area (Å²) in [5.41, 5.74) is 2.46. The maximum Gasteiger partial charge on any atom is 0.303 e. The summed E-state index contributed by atoms with van der Waals surface area (Å²) < 4.78 is 4.85. The van der Waals surface area contributed by atoms with E-state index in [1.54, 1.807) is 24.4 Å². The van der Waals surface area contributed by atoms with Gasteiger partial charge in [0.15, 0.2) is 6.10 Å². The summed E-state index contributed by atoms with van der Waals surface area (Å²) >= 11 is 12.8. The molecule has 2 N–H and O–H groups in total. The number of nitrogens with one attached hydrogen (secondary N) is 2. The first-order valence-corrected chi connectivity index (χ1v) is 11.7. The smallest absolute Gasteiger partial charge is 0.303 e. The molecule has 9 heteroatoms. The number of carbonyl (C=O) groups is 3. The molecule has 0 aliphatic rings. The van der Waals surface area contributed by atoms with Crippen LogP contribution >= 0.6 is 23.2 Å². The van der Waals surface area contributed by atoms with Crippen LogP contribution in [0.2, 0.25) is 10.0 Å². The Labute approximate surface area is 217 Å². The van der Waals surface area contributed by atoms with Crippen molar-refractivity contribution < 1.29 is 19.1 Å². The van der Waals surface area contributed by atoms with Crippen molar-refractivity contribution in [3.63, 3.8) is 0 Å². The number of nitrogens with zero attached hydrogens (tertiary/aromatic N) is 1. The van der Waals surface area contributed by atoms with Gasteiger partial charge in [-0.15, -0.1) is 0 Å². The predicted molar refractivity (Wildman–Crippen MR) is 141 cm³/mol. The fourth-order valence-corrected chi connectivity index (χ4v) is 4.11. The van der Waals surface area contributed by atoms with Crippen LogP contribution in [0, 0.1) is 0 Å². The Morgan fingerprint density at radius 1 is 0.889 bits per heavy atom. The number of pyridine rings is 1. The normalized spacial score (nSPS) is 11.6. The standard InChI is InChI=1S/C27H21Cl2N3O4/c1-15(36-16(2)33)26(34)31-19-7-9-21(24(29)14-19)27(35)32-18-8-10-23(28)22(13-18)25-20-6-4-3-5-17(20)11-12-30-25/h3-15H,1-2H3,(H,31,34)(H,32,35). The van der Waals surface area contributed by atoms with Gasteiger partial charge in [0, 0.05) is 35.4 Å². The largest absolute Gasteiger partial charge is 0.453 e. The molecule has 36 heavy (non-hydrogen) atoms. The number of hydrogen-bond acceptors (Lipinski definition) is 5. The van der Waals surface area contributed by atoms with Gasteiger partial charge in [-0.3, -0.25) is 19.4 Å². The van der Waals surface area contributed by atoms with Gasteiger partial charge in [-0.2, -0.15) is 0 Å². The molecule has 4 rings (SSSR count). The van der Waals surface area contributed by atoms with Crippen molar-refractivity contribution in [1.82, 2.24) is 4.98 Å². The average molecular weight is 522 g/mol. The molecular formula is C27H21Cl2N3O4. The van der Waals surface area contributed by atoms with E-state index in [1.165, 1.54) is 32.0 Å². The minimum absolute atomic E-state index is 0.135. The number of amides is 2. The van der Waals surface area contributed by atoms with Crippen LogP contribution in [0.15, 0.2) is 72.9 Å². The van der Waals surface area contributed by atoms with Crippen LogP contribution < -0.4 is 10.6 Å². The van der Waals surface area contributed by atoms with Crippen molar-refractivity contribution in [2.75, 3.05) is 10.6 Å². The van der Waals surface area contributed by atoms with E-state index in [0.29, 0.717) is 27.7 Å². The van der Waals surface area contributed by atoms with Crippen molar-refractivity contribution in [3.05, 3.63) is 88.5 Å². The molecule has 2 amide bonds. The van der Waals surface area contributed by atoms with Crippen molar-refractivity contribution >= 4 is 63.1 Å². The predicted octanol–water partition coefficient (Wildman–Crippen LogP) is 6.35. The first-order valence-electron chi connectivity index (χ1n) is 11.0. The molecule has 0 radical (unpaired) electrons. The molecule has 1 unspecified atom stereocenters. The number of anilines is 2. The molecule has 1 atom stereocenters. The SMILES string of the molecule is CC(=O)OC(C)C(=O)Nc1ccc(C(=O)Nc2ccc(Cl)c(-c3nccc4ccccc34)c2)c(Cl)c1. The molecular weight excluding hydrogens is 501 g/mol. The number of rotatable bonds is 6. The van der Waals surface area contributed by atoms with Crippen LogP contribution in [0.4, 0.5) is 11.4 Å². The number of ether oxygens (including phenoxy) is 1. The van der Waals surface area contributed by atoms with Crippen LogP contribution in [0.5, 0.6) is 0 Å². The first-order chi connectivity index (χ1) is 17.2. The van der Waals surface area contributed by atoms with Gasteiger partial charge in [-0.1, -0.05) is 47.5 Å². The maximum atomic E-state index is 13.0. The number of carbonyl (C=O) groups excluding carboxylic acids is 3. The second-order valence-corrected chi connectivity index (χ2v) is 8.78. The van der Waals surface area contributed by atoms with Gasteiger partial charge in [0.05, 0.1) is 21.3 Å². The fourth-order valence-electron chi connectivity index (χ4n) is 3.64. The Morgan fingerprint density at radius 3 is 2.36 bits per heavy atom. The van der Waals surface area contributed by atoms with Gasteiger partial charge in [0.2, 0.25) is 0 Å². The van der Waals surface area contributed by atoms with E-state index in [-0.39, 0.29) is 10.6 Å². The topological polar surface area (TPSA) is 97.4 Å². The van der Waals surface area contributed by atoms with Gasteiger partial charge in [0.25, 0.3) is 11.8 Å². The van der Waals surface area contributed by atoms with E-state index >= 15 is 0 Å². The van der Waals surface area contributed by atoms with Gasteiger partial charge in [-0.25, -0.2) is 0 Å². The molecule has 1 aromatic heterocycles. The number of aromatic nitrogens is 1. The lowest BCUT2D eigenvalue weighted by Gasteiger charge is -2.14. The van der Waals surface area contributed by atoms with Gasteiger partial charge < -0.3 is 15.4 Å². The molecule has 0 aliphatic heterocycles. The quantitative estimate of drug-likeness (QED) is 0.288. The molecule has 4 aromatic rings. The molecule has 182 valence electrons. The monoisotopic (exact) mass is 521 g/mol. The van der Waals surface area contributed by atoms with Crippen molar-refractivity contribution in [1.29, 1.82) is 0 Å². The number of hydrogen-bond donors (Lipinski definition) is 2. The molecule has 0 saturated heterocycles. The summed E-state index contributed by atoms with van der Waals surface area (Å²) in [6.45, 7) is 2.67. The summed E-state index contributed by atoms with van der Waals surface area (Å²) in [5, 5.41) is 8.02. The molecule has 0 fully saturated rings. The highest BCUT2D eigenvalue weighted by molar-refractivity contribution is 6.35. The number of halogens is 2. The lowest BCUT2D eigenvalue weighted by atomic mass is 10.0. The Hall–Kier alpha value is -3.94. The summed E-state index contributed by atoms with van der Waals surface area (Å²) in [6.07, 6.45) is 0.742. The highest BCUT2D eigenvalue weighted by atomic mass is 35.5. The number of benzene rings is 3. The van der Waals surface area contributed by atoms with Crippen molar-refractivity contribution in [3.8, 4) is 11.3 Å². The maximum absolute atomic E-state index is 13.0. The van der Waals surface area contributed by atoms with E-state index in [1.807, 2.05) is 30.3 Å². The lowest BCUT2D eigenvalue weighted by molar-refractivity contribution is -0.150. The van der Waals surface area contributed by atoms with Crippen LogP contribution in [0.3, 0.4) is 0 Å². The van der Waals surface area contributed by atoms with Crippen molar-refractivity contribution in [2.24, 2.45) is 0 Å². The van der Waals surface area contributed by atoms with Gasteiger partial charge in [-0.05, 0) is 54.8 Å². The highest BCUT2D eigenvalue weighted by Crippen LogP contribution is 2.34. The third-order valence-corrected chi connectivity index (χ3v) is 5.99. The van der Waals surface area contributed by atoms with Gasteiger partial charge in [0.1, 0.15) is 0 Å². The van der Waals surface area contributed by atoms with Crippen LogP contribution in [0.25, 0.3) is 22.0 Å². The molecule has 0 saturated carbocycles. The Balaban J connectivity index is 1.54. The summed E-state index contributed by atoms with van der Waals surface area (Å²) in [6, 6.07) is 19.4. The van der Waals surface area contributed by atoms with Crippen LogP contribution in [-0.2, 0) is 14.3 Å². The fraction of sp³-hybridized carbons (Fsp3) is 0.111. The van der Waals surface area contributed by atoms with Crippen molar-refractivity contribution in [2.45, 2.75) is 20.0 Å². The van der Waals surface area contributed by atoms with E-state index in [2.05, 4.69) is 15.6 Å². The third kappa shape index (κ3) is 5.64. The van der Waals surface area contributed by atoms with Crippen LogP contribution in [0.1, 0.15) is 24.2 Å². The van der Waals surface area contributed by atoms with E-state index < -0.39 is 23.9 Å². The molecule has 3 aromatic carbocycles. The first kappa shape index (κ1) is 25.2. The summed E-state index contributed by atoms with van der Waals surface area (Å²) in [4.78, 5) is 40.7. The van der Waals surface area contributed by atoms with E-state index in [0.717, 1.165) is 10.8 Å². The molecule has 1 heterocycles. The molecule has 0 bridgehead atoms. The summed E-state index contributed by atoms with van der Waals surface area (Å²) in [5.74, 6) is -1.52. The third-order valence-electron chi connectivity index (χ3n) is 5.35. The number of fused-ring (bicyclic) bond motifs is 1. The Bertz CT molecular complexity index is 1480. The second-order valence-electron chi connectivity index (χ2n) is 7.96. The highest BCUT2D eigenvalue weighted by Gasteiger charge is 2.18. The van der Waals surface area contributed by atoms with E-state index in [4.69, 9.17) is 27.9 Å². The number of esters is 1. The average Bonchev–Trinajstić information content (AvgIpc) is 2.84. The Kier molecular flexibility index (Phi) is 7.52. The molecule has 0 aliphatic carbocycles. The minimum Gasteiger partial charge on any atom is -0.453 e. The molecule has 7 nitrogen and oxygen atoms in total. The van der Waals surface area contributed by atoms with Gasteiger partial charge >= 0.3 is 5.97 Å². The minimum atomic E-state index is -0.973.